The van der Waals surface area contributed by atoms with Crippen LogP contribution in [0.3, 0.4) is 0 Å². The Balaban J connectivity index is 2.01. The van der Waals surface area contributed by atoms with Gasteiger partial charge in [-0.05, 0) is 30.3 Å². The van der Waals surface area contributed by atoms with E-state index in [-0.39, 0.29) is 5.02 Å². The summed E-state index contributed by atoms with van der Waals surface area (Å²) in [5.74, 6) is 0.265. The number of anilines is 2. The average Bonchev–Trinajstić information content (AvgIpc) is 2.83. The second-order valence-electron chi connectivity index (χ2n) is 3.83. The lowest BCUT2D eigenvalue weighted by Crippen LogP contribution is -1.96. The van der Waals surface area contributed by atoms with E-state index in [1.165, 1.54) is 12.1 Å². The molecule has 90 valence electrons. The van der Waals surface area contributed by atoms with Gasteiger partial charge in [-0.25, -0.2) is 9.37 Å². The Bertz CT molecular complexity index is 708. The zero-order valence-corrected chi connectivity index (χ0v) is 10.0. The largest absolute Gasteiger partial charge is 0.338 e. The Kier molecular flexibility index (Phi) is 2.64. The normalized spacial score (nSPS) is 10.8. The van der Waals surface area contributed by atoms with Crippen molar-refractivity contribution in [2.45, 2.75) is 0 Å². The minimum absolute atomic E-state index is 0.0855. The van der Waals surface area contributed by atoms with E-state index in [0.29, 0.717) is 11.5 Å². The zero-order chi connectivity index (χ0) is 12.5. The van der Waals surface area contributed by atoms with Crippen molar-refractivity contribution in [1.82, 2.24) is 9.38 Å². The Morgan fingerprint density at radius 2 is 2.11 bits per heavy atom. The highest BCUT2D eigenvalue weighted by Crippen LogP contribution is 2.24. The topological polar surface area (TPSA) is 29.3 Å². The first kappa shape index (κ1) is 11.0. The molecule has 0 atom stereocenters. The lowest BCUT2D eigenvalue weighted by Gasteiger charge is -2.08. The van der Waals surface area contributed by atoms with Gasteiger partial charge in [-0.2, -0.15) is 0 Å². The molecule has 0 fully saturated rings. The van der Waals surface area contributed by atoms with Gasteiger partial charge in [0.05, 0.1) is 10.5 Å². The monoisotopic (exact) mass is 261 g/mol. The lowest BCUT2D eigenvalue weighted by molar-refractivity contribution is 0.628. The summed E-state index contributed by atoms with van der Waals surface area (Å²) in [6.45, 7) is 0. The molecule has 0 aliphatic rings. The van der Waals surface area contributed by atoms with E-state index < -0.39 is 5.82 Å². The Morgan fingerprint density at radius 1 is 1.22 bits per heavy atom. The van der Waals surface area contributed by atoms with Crippen molar-refractivity contribution in [3.8, 4) is 0 Å². The maximum atomic E-state index is 13.1. The number of hydrogen-bond acceptors (Lipinski definition) is 2. The second-order valence-corrected chi connectivity index (χ2v) is 4.24. The van der Waals surface area contributed by atoms with Crippen LogP contribution in [0.4, 0.5) is 15.9 Å². The standard InChI is InChI=1S/C13H9ClFN3/c14-10-8-9(3-4-11(10)15)17-13-12-2-1-6-18(12)7-5-16-13/h1-8H,(H,16,17). The Morgan fingerprint density at radius 3 is 2.94 bits per heavy atom. The van der Waals surface area contributed by atoms with Crippen molar-refractivity contribution in [1.29, 1.82) is 0 Å². The quantitative estimate of drug-likeness (QED) is 0.759. The zero-order valence-electron chi connectivity index (χ0n) is 9.27. The van der Waals surface area contributed by atoms with Crippen molar-refractivity contribution in [3.05, 3.63) is 59.8 Å². The molecule has 1 aromatic carbocycles. The maximum absolute atomic E-state index is 13.1. The summed E-state index contributed by atoms with van der Waals surface area (Å²) in [5, 5.41) is 3.20. The van der Waals surface area contributed by atoms with Crippen LogP contribution in [0.25, 0.3) is 5.52 Å². The Hall–Kier alpha value is -2.07. The highest BCUT2D eigenvalue weighted by Gasteiger charge is 2.04. The molecule has 3 rings (SSSR count). The first-order valence-corrected chi connectivity index (χ1v) is 5.75. The summed E-state index contributed by atoms with van der Waals surface area (Å²) in [6.07, 6.45) is 5.48. The number of nitrogens with zero attached hydrogens (tertiary/aromatic N) is 2. The summed E-state index contributed by atoms with van der Waals surface area (Å²) in [4.78, 5) is 4.26. The van der Waals surface area contributed by atoms with Gasteiger partial charge in [-0.1, -0.05) is 11.6 Å². The first-order chi connectivity index (χ1) is 8.74. The first-order valence-electron chi connectivity index (χ1n) is 5.38. The second kappa shape index (κ2) is 4.31. The third-order valence-corrected chi connectivity index (χ3v) is 2.92. The minimum atomic E-state index is -0.434. The fourth-order valence-corrected chi connectivity index (χ4v) is 1.96. The molecule has 0 amide bonds. The smallest absolute Gasteiger partial charge is 0.154 e. The van der Waals surface area contributed by atoms with Gasteiger partial charge in [0.1, 0.15) is 5.82 Å². The molecule has 0 spiro atoms. The lowest BCUT2D eigenvalue weighted by atomic mass is 10.3. The van der Waals surface area contributed by atoms with Crippen LogP contribution in [0, 0.1) is 5.82 Å². The number of fused-ring (bicyclic) bond motifs is 1. The van der Waals surface area contributed by atoms with Crippen molar-refractivity contribution in [2.24, 2.45) is 0 Å². The van der Waals surface area contributed by atoms with Crippen LogP contribution in [0.2, 0.25) is 5.02 Å². The molecule has 0 aliphatic carbocycles. The molecule has 0 aliphatic heterocycles. The highest BCUT2D eigenvalue weighted by atomic mass is 35.5. The van der Waals surface area contributed by atoms with E-state index in [9.17, 15) is 4.39 Å². The minimum Gasteiger partial charge on any atom is -0.338 e. The number of nitrogens with one attached hydrogen (secondary N) is 1. The SMILES string of the molecule is Fc1ccc(Nc2nccn3cccc23)cc1Cl. The number of aromatic nitrogens is 2. The maximum Gasteiger partial charge on any atom is 0.154 e. The van der Waals surface area contributed by atoms with Gasteiger partial charge in [-0.15, -0.1) is 0 Å². The van der Waals surface area contributed by atoms with Crippen molar-refractivity contribution < 1.29 is 4.39 Å². The molecule has 2 aromatic heterocycles. The summed E-state index contributed by atoms with van der Waals surface area (Å²) in [6, 6.07) is 8.35. The summed E-state index contributed by atoms with van der Waals surface area (Å²) < 4.78 is 15.0. The molecule has 1 N–H and O–H groups in total. The van der Waals surface area contributed by atoms with Crippen LogP contribution in [-0.4, -0.2) is 9.38 Å². The number of hydrogen-bond donors (Lipinski definition) is 1. The number of halogens is 2. The van der Waals surface area contributed by atoms with Gasteiger partial charge in [0.15, 0.2) is 5.82 Å². The molecule has 5 heteroatoms. The van der Waals surface area contributed by atoms with Crippen molar-refractivity contribution >= 4 is 28.6 Å². The van der Waals surface area contributed by atoms with Crippen LogP contribution in [0.5, 0.6) is 0 Å². The molecule has 2 heterocycles. The van der Waals surface area contributed by atoms with E-state index >= 15 is 0 Å². The predicted octanol–water partition coefficient (Wildman–Crippen LogP) is 3.87. The number of benzene rings is 1. The van der Waals surface area contributed by atoms with Crippen molar-refractivity contribution in [2.75, 3.05) is 5.32 Å². The van der Waals surface area contributed by atoms with Gasteiger partial charge >= 0.3 is 0 Å². The molecule has 0 saturated carbocycles. The van der Waals surface area contributed by atoms with Crippen LogP contribution >= 0.6 is 11.6 Å². The van der Waals surface area contributed by atoms with Crippen LogP contribution in [-0.2, 0) is 0 Å². The van der Waals surface area contributed by atoms with Gasteiger partial charge in [0.25, 0.3) is 0 Å². The fraction of sp³-hybridized carbons (Fsp3) is 0. The van der Waals surface area contributed by atoms with Crippen LogP contribution in [0.1, 0.15) is 0 Å². The molecule has 18 heavy (non-hydrogen) atoms. The summed E-state index contributed by atoms with van der Waals surface area (Å²) in [7, 11) is 0. The third kappa shape index (κ3) is 1.91. The summed E-state index contributed by atoms with van der Waals surface area (Å²) >= 11 is 5.74. The van der Waals surface area contributed by atoms with Crippen molar-refractivity contribution in [3.63, 3.8) is 0 Å². The molecular formula is C13H9ClFN3. The van der Waals surface area contributed by atoms with Gasteiger partial charge < -0.3 is 9.72 Å². The van der Waals surface area contributed by atoms with E-state index in [2.05, 4.69) is 10.3 Å². The van der Waals surface area contributed by atoms with E-state index in [1.54, 1.807) is 12.3 Å². The van der Waals surface area contributed by atoms with Gasteiger partial charge in [0.2, 0.25) is 0 Å². The van der Waals surface area contributed by atoms with E-state index in [0.717, 1.165) is 5.52 Å². The average molecular weight is 262 g/mol. The molecule has 3 nitrogen and oxygen atoms in total. The molecule has 3 aromatic rings. The van der Waals surface area contributed by atoms with Gasteiger partial charge in [-0.3, -0.25) is 0 Å². The van der Waals surface area contributed by atoms with Crippen LogP contribution < -0.4 is 5.32 Å². The van der Waals surface area contributed by atoms with Crippen LogP contribution in [0.15, 0.2) is 48.9 Å². The fourth-order valence-electron chi connectivity index (χ4n) is 1.78. The van der Waals surface area contributed by atoms with E-state index in [4.69, 9.17) is 11.6 Å². The molecule has 0 radical (unpaired) electrons. The molecule has 0 saturated heterocycles. The van der Waals surface area contributed by atoms with Gasteiger partial charge in [0, 0.05) is 24.3 Å². The predicted molar refractivity (Wildman–Crippen MR) is 69.9 cm³/mol. The van der Waals surface area contributed by atoms with E-state index in [1.807, 2.05) is 28.9 Å². The molecule has 0 unspecified atom stereocenters. The summed E-state index contributed by atoms with van der Waals surface area (Å²) in [5.41, 5.74) is 1.64. The highest BCUT2D eigenvalue weighted by molar-refractivity contribution is 6.31. The Labute approximate surface area is 108 Å². The molecular weight excluding hydrogens is 253 g/mol. The molecule has 0 bridgehead atoms. The number of rotatable bonds is 2. The third-order valence-electron chi connectivity index (χ3n) is 2.63.